The number of hydrogen-bond acceptors (Lipinski definition) is 2. The molecule has 0 aliphatic carbocycles. The van der Waals surface area contributed by atoms with E-state index in [9.17, 15) is 13.2 Å². The lowest BCUT2D eigenvalue weighted by atomic mass is 10.2. The second-order valence-corrected chi connectivity index (χ2v) is 3.15. The number of alkyl halides is 3. The molecule has 0 atom stereocenters. The van der Waals surface area contributed by atoms with Gasteiger partial charge in [-0.25, -0.2) is 0 Å². The Labute approximate surface area is 85.9 Å². The van der Waals surface area contributed by atoms with Crippen LogP contribution in [0.4, 0.5) is 18.9 Å². The second-order valence-electron chi connectivity index (χ2n) is 3.15. The van der Waals surface area contributed by atoms with Crippen molar-refractivity contribution in [3.05, 3.63) is 24.3 Å². The molecule has 1 aromatic carbocycles. The lowest BCUT2D eigenvalue weighted by Crippen LogP contribution is -2.33. The van der Waals surface area contributed by atoms with Gasteiger partial charge in [0.05, 0.1) is 0 Å². The van der Waals surface area contributed by atoms with Crippen molar-refractivity contribution in [2.75, 3.05) is 18.0 Å². The number of halogens is 3. The monoisotopic (exact) mass is 219 g/mol. The number of benzene rings is 1. The third kappa shape index (κ3) is 3.69. The van der Waals surface area contributed by atoms with E-state index in [1.165, 1.54) is 24.3 Å². The summed E-state index contributed by atoms with van der Waals surface area (Å²) in [6.45, 7) is 0.867. The van der Waals surface area contributed by atoms with Gasteiger partial charge in [-0.1, -0.05) is 6.07 Å². The number of anilines is 1. The molecule has 5 heteroatoms. The van der Waals surface area contributed by atoms with E-state index in [0.717, 1.165) is 4.90 Å². The van der Waals surface area contributed by atoms with Crippen molar-refractivity contribution in [3.63, 3.8) is 0 Å². The molecule has 0 saturated carbocycles. The average molecular weight is 219 g/mol. The van der Waals surface area contributed by atoms with Crippen molar-refractivity contribution in [3.8, 4) is 5.75 Å². The maximum Gasteiger partial charge on any atom is 0.405 e. The summed E-state index contributed by atoms with van der Waals surface area (Å²) in [5.74, 6) is -0.0341. The van der Waals surface area contributed by atoms with Crippen LogP contribution in [0.3, 0.4) is 0 Å². The molecule has 0 aromatic heterocycles. The summed E-state index contributed by atoms with van der Waals surface area (Å²) in [6.07, 6.45) is -4.23. The molecule has 0 radical (unpaired) electrons. The molecular formula is C10H12F3NO. The number of nitrogens with zero attached hydrogens (tertiary/aromatic N) is 1. The first-order valence-corrected chi connectivity index (χ1v) is 4.53. The number of aromatic hydroxyl groups is 1. The summed E-state index contributed by atoms with van der Waals surface area (Å²) in [7, 11) is 0. The first-order chi connectivity index (χ1) is 6.92. The van der Waals surface area contributed by atoms with Crippen LogP contribution in [-0.2, 0) is 0 Å². The Morgan fingerprint density at radius 2 is 2.00 bits per heavy atom. The maximum atomic E-state index is 12.2. The van der Waals surface area contributed by atoms with Gasteiger partial charge in [0.25, 0.3) is 0 Å². The Morgan fingerprint density at radius 1 is 1.33 bits per heavy atom. The van der Waals surface area contributed by atoms with Crippen LogP contribution in [0.1, 0.15) is 6.92 Å². The summed E-state index contributed by atoms with van der Waals surface area (Å²) in [5.41, 5.74) is 0.370. The lowest BCUT2D eigenvalue weighted by Gasteiger charge is -2.24. The standard InChI is InChI=1S/C10H12F3NO/c1-2-14(7-10(11,12)13)8-4-3-5-9(15)6-8/h3-6,15H,2,7H2,1H3. The van der Waals surface area contributed by atoms with Gasteiger partial charge in [-0.05, 0) is 19.1 Å². The minimum absolute atomic E-state index is 0.0341. The molecule has 1 rings (SSSR count). The Bertz CT molecular complexity index is 325. The van der Waals surface area contributed by atoms with Crippen molar-refractivity contribution < 1.29 is 18.3 Å². The SMILES string of the molecule is CCN(CC(F)(F)F)c1cccc(O)c1. The van der Waals surface area contributed by atoms with Gasteiger partial charge in [0.1, 0.15) is 12.3 Å². The zero-order chi connectivity index (χ0) is 11.5. The van der Waals surface area contributed by atoms with Gasteiger partial charge >= 0.3 is 6.18 Å². The van der Waals surface area contributed by atoms with Crippen molar-refractivity contribution in [2.24, 2.45) is 0 Å². The van der Waals surface area contributed by atoms with E-state index < -0.39 is 12.7 Å². The molecule has 0 unspecified atom stereocenters. The quantitative estimate of drug-likeness (QED) is 0.844. The largest absolute Gasteiger partial charge is 0.508 e. The van der Waals surface area contributed by atoms with Crippen molar-refractivity contribution in [1.29, 1.82) is 0 Å². The summed E-state index contributed by atoms with van der Waals surface area (Å²) >= 11 is 0. The maximum absolute atomic E-state index is 12.2. The lowest BCUT2D eigenvalue weighted by molar-refractivity contribution is -0.119. The minimum atomic E-state index is -4.23. The van der Waals surface area contributed by atoms with E-state index >= 15 is 0 Å². The van der Waals surface area contributed by atoms with E-state index in [-0.39, 0.29) is 12.3 Å². The third-order valence-corrected chi connectivity index (χ3v) is 1.95. The van der Waals surface area contributed by atoms with Crippen molar-refractivity contribution >= 4 is 5.69 Å². The molecule has 2 nitrogen and oxygen atoms in total. The third-order valence-electron chi connectivity index (χ3n) is 1.95. The van der Waals surface area contributed by atoms with Crippen LogP contribution in [0.25, 0.3) is 0 Å². The molecule has 0 amide bonds. The van der Waals surface area contributed by atoms with Gasteiger partial charge in [0, 0.05) is 18.3 Å². The molecule has 0 heterocycles. The first kappa shape index (κ1) is 11.7. The van der Waals surface area contributed by atoms with Crippen LogP contribution in [0.2, 0.25) is 0 Å². The molecule has 84 valence electrons. The molecule has 15 heavy (non-hydrogen) atoms. The molecule has 0 spiro atoms. The van der Waals surface area contributed by atoms with Gasteiger partial charge in [0.2, 0.25) is 0 Å². The zero-order valence-electron chi connectivity index (χ0n) is 8.25. The highest BCUT2D eigenvalue weighted by Crippen LogP contribution is 2.24. The fourth-order valence-electron chi connectivity index (χ4n) is 1.29. The number of phenolic OH excluding ortho intramolecular Hbond substituents is 1. The van der Waals surface area contributed by atoms with Crippen LogP contribution in [0.15, 0.2) is 24.3 Å². The van der Waals surface area contributed by atoms with Gasteiger partial charge < -0.3 is 10.0 Å². The fourth-order valence-corrected chi connectivity index (χ4v) is 1.29. The Hall–Kier alpha value is -1.39. The molecule has 0 fully saturated rings. The van der Waals surface area contributed by atoms with Gasteiger partial charge in [-0.3, -0.25) is 0 Å². The van der Waals surface area contributed by atoms with Crippen molar-refractivity contribution in [1.82, 2.24) is 0 Å². The predicted octanol–water partition coefficient (Wildman–Crippen LogP) is 2.78. The van der Waals surface area contributed by atoms with Crippen LogP contribution in [0, 0.1) is 0 Å². The van der Waals surface area contributed by atoms with E-state index in [1.54, 1.807) is 6.92 Å². The van der Waals surface area contributed by atoms with Crippen LogP contribution < -0.4 is 4.90 Å². The topological polar surface area (TPSA) is 23.5 Å². The number of rotatable bonds is 3. The number of phenols is 1. The molecule has 0 aliphatic rings. The first-order valence-electron chi connectivity index (χ1n) is 4.53. The highest BCUT2D eigenvalue weighted by molar-refractivity contribution is 5.50. The zero-order valence-corrected chi connectivity index (χ0v) is 8.25. The summed E-state index contributed by atoms with van der Waals surface area (Å²) in [5, 5.41) is 9.15. The van der Waals surface area contributed by atoms with E-state index in [2.05, 4.69) is 0 Å². The minimum Gasteiger partial charge on any atom is -0.508 e. The molecule has 1 N–H and O–H groups in total. The summed E-state index contributed by atoms with van der Waals surface area (Å²) in [4.78, 5) is 1.15. The second kappa shape index (κ2) is 4.42. The predicted molar refractivity (Wildman–Crippen MR) is 52.0 cm³/mol. The van der Waals surface area contributed by atoms with Gasteiger partial charge in [-0.2, -0.15) is 13.2 Å². The average Bonchev–Trinajstić information content (AvgIpc) is 2.13. The smallest absolute Gasteiger partial charge is 0.405 e. The summed E-state index contributed by atoms with van der Waals surface area (Å²) < 4.78 is 36.5. The Morgan fingerprint density at radius 3 is 2.47 bits per heavy atom. The normalized spacial score (nSPS) is 11.5. The van der Waals surface area contributed by atoms with E-state index in [1.807, 2.05) is 0 Å². The fraction of sp³-hybridized carbons (Fsp3) is 0.400. The number of hydrogen-bond donors (Lipinski definition) is 1. The molecule has 1 aromatic rings. The summed E-state index contributed by atoms with van der Waals surface area (Å²) in [6, 6.07) is 5.79. The molecular weight excluding hydrogens is 207 g/mol. The van der Waals surface area contributed by atoms with Gasteiger partial charge in [0.15, 0.2) is 0 Å². The van der Waals surface area contributed by atoms with Crippen LogP contribution in [0.5, 0.6) is 5.75 Å². The molecule has 0 aliphatic heterocycles. The Balaban J connectivity index is 2.83. The van der Waals surface area contributed by atoms with Crippen LogP contribution in [-0.4, -0.2) is 24.4 Å². The van der Waals surface area contributed by atoms with Gasteiger partial charge in [-0.15, -0.1) is 0 Å². The van der Waals surface area contributed by atoms with E-state index in [4.69, 9.17) is 5.11 Å². The molecule has 0 bridgehead atoms. The molecule has 0 saturated heterocycles. The van der Waals surface area contributed by atoms with Crippen LogP contribution >= 0.6 is 0 Å². The van der Waals surface area contributed by atoms with Crippen molar-refractivity contribution in [2.45, 2.75) is 13.1 Å². The highest BCUT2D eigenvalue weighted by atomic mass is 19.4. The van der Waals surface area contributed by atoms with E-state index in [0.29, 0.717) is 5.69 Å². The highest BCUT2D eigenvalue weighted by Gasteiger charge is 2.30. The Kier molecular flexibility index (Phi) is 3.44.